The number of aliphatic imine (C=N–C) groups is 1. The van der Waals surface area contributed by atoms with Crippen LogP contribution in [0.15, 0.2) is 11.1 Å². The van der Waals surface area contributed by atoms with E-state index in [9.17, 15) is 0 Å². The zero-order valence-electron chi connectivity index (χ0n) is 9.76. The van der Waals surface area contributed by atoms with E-state index >= 15 is 0 Å². The Morgan fingerprint density at radius 2 is 2.06 bits per heavy atom. The van der Waals surface area contributed by atoms with Crippen LogP contribution < -0.4 is 10.6 Å². The molecule has 0 radical (unpaired) electrons. The highest BCUT2D eigenvalue weighted by Crippen LogP contribution is 2.16. The highest BCUT2D eigenvalue weighted by atomic mass is 127. The Hall–Kier alpha value is -0.570. The average molecular weight is 353 g/mol. The van der Waals surface area contributed by atoms with Gasteiger partial charge in [0, 0.05) is 20.2 Å². The van der Waals surface area contributed by atoms with Gasteiger partial charge in [0.15, 0.2) is 11.0 Å². The van der Waals surface area contributed by atoms with Gasteiger partial charge in [-0.05, 0) is 13.2 Å². The van der Waals surface area contributed by atoms with Gasteiger partial charge >= 0.3 is 0 Å². The molecule has 1 aromatic heterocycles. The van der Waals surface area contributed by atoms with Crippen LogP contribution >= 0.6 is 35.7 Å². The molecule has 0 unspecified atom stereocenters. The van der Waals surface area contributed by atoms with E-state index in [0.29, 0.717) is 16.8 Å². The van der Waals surface area contributed by atoms with Crippen molar-refractivity contribution in [2.75, 3.05) is 25.3 Å². The number of rotatable bonds is 2. The highest BCUT2D eigenvalue weighted by molar-refractivity contribution is 14.0. The summed E-state index contributed by atoms with van der Waals surface area (Å²) in [7, 11) is 3.85. The third-order valence-electron chi connectivity index (χ3n) is 1.70. The summed E-state index contributed by atoms with van der Waals surface area (Å²) in [6.45, 7) is 1.83. The molecule has 16 heavy (non-hydrogen) atoms. The summed E-state index contributed by atoms with van der Waals surface area (Å²) < 4.78 is 0. The van der Waals surface area contributed by atoms with Crippen molar-refractivity contribution in [1.29, 1.82) is 0 Å². The minimum atomic E-state index is 0. The van der Waals surface area contributed by atoms with Crippen LogP contribution in [0.4, 0.5) is 11.6 Å². The van der Waals surface area contributed by atoms with Crippen LogP contribution in [0.3, 0.4) is 0 Å². The molecule has 90 valence electrons. The second-order valence-electron chi connectivity index (χ2n) is 3.18. The summed E-state index contributed by atoms with van der Waals surface area (Å²) in [6.07, 6.45) is 1.87. The molecule has 0 spiro atoms. The summed E-state index contributed by atoms with van der Waals surface area (Å²) in [5, 5.41) is 0.498. The maximum atomic E-state index is 5.62. The molecule has 0 fully saturated rings. The Morgan fingerprint density at radius 1 is 1.44 bits per heavy atom. The van der Waals surface area contributed by atoms with Gasteiger partial charge < -0.3 is 10.6 Å². The van der Waals surface area contributed by atoms with Crippen molar-refractivity contribution in [3.05, 3.63) is 11.9 Å². The molecule has 1 heterocycles. The van der Waals surface area contributed by atoms with Crippen LogP contribution in [0, 0.1) is 6.92 Å². The molecular formula is C9H16IN5S. The first-order valence-corrected chi connectivity index (χ1v) is 5.66. The number of hydrogen-bond acceptors (Lipinski definition) is 5. The van der Waals surface area contributed by atoms with Crippen LogP contribution in [0.5, 0.6) is 0 Å². The molecule has 0 aliphatic heterocycles. The summed E-state index contributed by atoms with van der Waals surface area (Å²) in [6, 6.07) is 1.80. The first-order chi connectivity index (χ1) is 7.02. The van der Waals surface area contributed by atoms with E-state index in [1.54, 1.807) is 6.07 Å². The third-order valence-corrected chi connectivity index (χ3v) is 2.21. The lowest BCUT2D eigenvalue weighted by molar-refractivity contribution is 0.986. The average Bonchev–Trinajstić information content (AvgIpc) is 2.16. The zero-order valence-corrected chi connectivity index (χ0v) is 12.9. The van der Waals surface area contributed by atoms with E-state index in [2.05, 4.69) is 15.0 Å². The standard InChI is InChI=1S/C9H15N5S.HI/c1-6-11-7(13-9(10)15-4)5-8(12-6)14(2)3;/h5H,1-4H3,(H2,10,11,12,13);1H. The van der Waals surface area contributed by atoms with E-state index in [-0.39, 0.29) is 24.0 Å². The van der Waals surface area contributed by atoms with Crippen molar-refractivity contribution in [3.63, 3.8) is 0 Å². The third kappa shape index (κ3) is 4.52. The van der Waals surface area contributed by atoms with Crippen LogP contribution in [-0.4, -0.2) is 35.5 Å². The first kappa shape index (κ1) is 15.4. The molecule has 0 aliphatic carbocycles. The Bertz CT molecular complexity index is 380. The first-order valence-electron chi connectivity index (χ1n) is 4.44. The predicted molar refractivity (Wildman–Crippen MR) is 81.3 cm³/mol. The van der Waals surface area contributed by atoms with Gasteiger partial charge in [-0.25, -0.2) is 15.0 Å². The van der Waals surface area contributed by atoms with Crippen molar-refractivity contribution < 1.29 is 0 Å². The van der Waals surface area contributed by atoms with Gasteiger partial charge in [0.25, 0.3) is 0 Å². The molecule has 7 heteroatoms. The van der Waals surface area contributed by atoms with Gasteiger partial charge in [0.05, 0.1) is 0 Å². The molecule has 0 saturated heterocycles. The number of halogens is 1. The van der Waals surface area contributed by atoms with E-state index in [1.807, 2.05) is 32.2 Å². The monoisotopic (exact) mass is 353 g/mol. The maximum absolute atomic E-state index is 5.62. The SMILES string of the molecule is CSC(N)=Nc1cc(N(C)C)nc(C)n1.I. The molecule has 0 saturated carbocycles. The molecule has 1 aromatic rings. The van der Waals surface area contributed by atoms with Gasteiger partial charge in [-0.1, -0.05) is 11.8 Å². The maximum Gasteiger partial charge on any atom is 0.160 e. The molecule has 0 atom stereocenters. The normalized spacial score (nSPS) is 10.9. The second-order valence-corrected chi connectivity index (χ2v) is 4.01. The van der Waals surface area contributed by atoms with Gasteiger partial charge in [0.1, 0.15) is 11.6 Å². The van der Waals surface area contributed by atoms with Crippen molar-refractivity contribution in [1.82, 2.24) is 9.97 Å². The number of nitrogens with two attached hydrogens (primary N) is 1. The number of thioether (sulfide) groups is 1. The van der Waals surface area contributed by atoms with Crippen molar-refractivity contribution >= 4 is 52.5 Å². The predicted octanol–water partition coefficient (Wildman–Crippen LogP) is 1.78. The van der Waals surface area contributed by atoms with Crippen LogP contribution in [0.25, 0.3) is 0 Å². The van der Waals surface area contributed by atoms with E-state index in [1.165, 1.54) is 11.8 Å². The Balaban J connectivity index is 0.00000225. The van der Waals surface area contributed by atoms with Crippen LogP contribution in [-0.2, 0) is 0 Å². The molecule has 0 aliphatic rings. The Labute approximate surface area is 117 Å². The fourth-order valence-corrected chi connectivity index (χ4v) is 1.17. The van der Waals surface area contributed by atoms with Crippen LogP contribution in [0.1, 0.15) is 5.82 Å². The molecule has 5 nitrogen and oxygen atoms in total. The molecule has 1 rings (SSSR count). The summed E-state index contributed by atoms with van der Waals surface area (Å²) in [5.41, 5.74) is 5.62. The quantitative estimate of drug-likeness (QED) is 0.499. The number of anilines is 1. The topological polar surface area (TPSA) is 67.4 Å². The second kappa shape index (κ2) is 6.89. The Kier molecular flexibility index (Phi) is 6.65. The fourth-order valence-electron chi connectivity index (χ4n) is 0.981. The zero-order chi connectivity index (χ0) is 11.4. The Morgan fingerprint density at radius 3 is 2.56 bits per heavy atom. The van der Waals surface area contributed by atoms with Gasteiger partial charge in [0.2, 0.25) is 0 Å². The molecule has 0 amide bonds. The van der Waals surface area contributed by atoms with Crippen molar-refractivity contribution in [2.24, 2.45) is 10.7 Å². The smallest absolute Gasteiger partial charge is 0.160 e. The molecule has 0 bridgehead atoms. The number of aryl methyl sites for hydroxylation is 1. The number of nitrogens with zero attached hydrogens (tertiary/aromatic N) is 4. The fraction of sp³-hybridized carbons (Fsp3) is 0.444. The summed E-state index contributed by atoms with van der Waals surface area (Å²) in [4.78, 5) is 14.5. The lowest BCUT2D eigenvalue weighted by Crippen LogP contribution is -2.12. The van der Waals surface area contributed by atoms with E-state index < -0.39 is 0 Å². The minimum Gasteiger partial charge on any atom is -0.378 e. The van der Waals surface area contributed by atoms with Gasteiger partial charge in [-0.15, -0.1) is 24.0 Å². The number of aromatic nitrogens is 2. The van der Waals surface area contributed by atoms with Gasteiger partial charge in [-0.2, -0.15) is 0 Å². The number of hydrogen-bond donors (Lipinski definition) is 1. The molecule has 0 aromatic carbocycles. The molecule has 2 N–H and O–H groups in total. The minimum absolute atomic E-state index is 0. The van der Waals surface area contributed by atoms with Crippen molar-refractivity contribution in [2.45, 2.75) is 6.92 Å². The lowest BCUT2D eigenvalue weighted by Gasteiger charge is -2.11. The molecular weight excluding hydrogens is 337 g/mol. The summed E-state index contributed by atoms with van der Waals surface area (Å²) in [5.74, 6) is 2.11. The van der Waals surface area contributed by atoms with E-state index in [4.69, 9.17) is 5.73 Å². The van der Waals surface area contributed by atoms with Crippen molar-refractivity contribution in [3.8, 4) is 0 Å². The number of amidine groups is 1. The van der Waals surface area contributed by atoms with Crippen LogP contribution in [0.2, 0.25) is 0 Å². The summed E-state index contributed by atoms with van der Waals surface area (Å²) >= 11 is 1.39. The largest absolute Gasteiger partial charge is 0.378 e. The lowest BCUT2D eigenvalue weighted by atomic mass is 10.5. The van der Waals surface area contributed by atoms with Gasteiger partial charge in [-0.3, -0.25) is 0 Å². The highest BCUT2D eigenvalue weighted by Gasteiger charge is 2.02. The van der Waals surface area contributed by atoms with E-state index in [0.717, 1.165) is 5.82 Å².